The molecule has 3 unspecified atom stereocenters. The predicted molar refractivity (Wildman–Crippen MR) is 88.9 cm³/mol. The first-order chi connectivity index (χ1) is 10.6. The van der Waals surface area contributed by atoms with Crippen LogP contribution in [0.25, 0.3) is 0 Å². The van der Waals surface area contributed by atoms with E-state index >= 15 is 0 Å². The normalized spacial score (nSPS) is 27.7. The average Bonchev–Trinajstić information content (AvgIpc) is 3.16. The van der Waals surface area contributed by atoms with Crippen LogP contribution in [0.1, 0.15) is 24.3 Å². The van der Waals surface area contributed by atoms with Crippen LogP contribution >= 0.6 is 0 Å². The van der Waals surface area contributed by atoms with Gasteiger partial charge in [-0.25, -0.2) is 0 Å². The minimum Gasteiger partial charge on any atom is -0.340 e. The molecule has 1 aliphatic carbocycles. The maximum Gasteiger partial charge on any atom is 0.236 e. The number of rotatable bonds is 5. The average molecular weight is 301 g/mol. The van der Waals surface area contributed by atoms with E-state index in [1.807, 2.05) is 4.90 Å². The van der Waals surface area contributed by atoms with Crippen molar-refractivity contribution in [1.29, 1.82) is 0 Å². The summed E-state index contributed by atoms with van der Waals surface area (Å²) in [6, 6.07) is 11.7. The Bertz CT molecular complexity index is 516. The first-order valence-corrected chi connectivity index (χ1v) is 8.25. The highest BCUT2D eigenvalue weighted by atomic mass is 16.2. The first-order valence-electron chi connectivity index (χ1n) is 8.25. The molecule has 4 nitrogen and oxygen atoms in total. The second-order valence-electron chi connectivity index (χ2n) is 6.98. The van der Waals surface area contributed by atoms with Crippen molar-refractivity contribution in [2.75, 3.05) is 40.8 Å². The van der Waals surface area contributed by atoms with E-state index in [4.69, 9.17) is 0 Å². The van der Waals surface area contributed by atoms with E-state index in [-0.39, 0.29) is 5.91 Å². The highest BCUT2D eigenvalue weighted by molar-refractivity contribution is 5.78. The number of amides is 1. The van der Waals surface area contributed by atoms with Crippen molar-refractivity contribution in [3.63, 3.8) is 0 Å². The Morgan fingerprint density at radius 1 is 1.23 bits per heavy atom. The van der Waals surface area contributed by atoms with Gasteiger partial charge in [0, 0.05) is 31.1 Å². The summed E-state index contributed by atoms with van der Waals surface area (Å²) >= 11 is 0. The number of hydrogen-bond donors (Lipinski definition) is 0. The van der Waals surface area contributed by atoms with Gasteiger partial charge in [-0.15, -0.1) is 0 Å². The summed E-state index contributed by atoms with van der Waals surface area (Å²) in [5.74, 6) is 0.887. The lowest BCUT2D eigenvalue weighted by molar-refractivity contribution is -0.131. The molecule has 4 heteroatoms. The largest absolute Gasteiger partial charge is 0.340 e. The second kappa shape index (κ2) is 6.39. The van der Waals surface area contributed by atoms with Crippen molar-refractivity contribution >= 4 is 5.91 Å². The summed E-state index contributed by atoms with van der Waals surface area (Å²) in [6.07, 6.45) is 2.27. The number of carbonyl (C=O) groups excluding carboxylic acids is 1. The molecule has 1 aromatic rings. The Morgan fingerprint density at radius 2 is 1.95 bits per heavy atom. The first kappa shape index (κ1) is 15.5. The molecule has 1 aliphatic heterocycles. The van der Waals surface area contributed by atoms with Gasteiger partial charge in [-0.1, -0.05) is 30.3 Å². The molecule has 0 N–H and O–H groups in total. The molecule has 1 saturated carbocycles. The molecule has 1 heterocycles. The Kier molecular flexibility index (Phi) is 4.50. The van der Waals surface area contributed by atoms with Crippen LogP contribution in [0.5, 0.6) is 0 Å². The Labute approximate surface area is 133 Å². The third kappa shape index (κ3) is 3.33. The predicted octanol–water partition coefficient (Wildman–Crippen LogP) is 1.64. The van der Waals surface area contributed by atoms with Gasteiger partial charge in [0.25, 0.3) is 0 Å². The molecule has 1 saturated heterocycles. The van der Waals surface area contributed by atoms with E-state index < -0.39 is 0 Å². The van der Waals surface area contributed by atoms with Crippen LogP contribution in [0.3, 0.4) is 0 Å². The summed E-state index contributed by atoms with van der Waals surface area (Å²) in [6.45, 7) is 2.34. The van der Waals surface area contributed by atoms with Crippen LogP contribution in [-0.4, -0.2) is 73.5 Å². The van der Waals surface area contributed by atoms with E-state index in [1.165, 1.54) is 12.0 Å². The van der Waals surface area contributed by atoms with Crippen molar-refractivity contribution in [3.05, 3.63) is 35.9 Å². The van der Waals surface area contributed by atoms with Crippen LogP contribution in [0.2, 0.25) is 0 Å². The number of hydrogen-bond acceptors (Lipinski definition) is 3. The van der Waals surface area contributed by atoms with Gasteiger partial charge in [0.1, 0.15) is 0 Å². The second-order valence-corrected chi connectivity index (χ2v) is 6.98. The molecular formula is C18H27N3O. The molecule has 1 amide bonds. The van der Waals surface area contributed by atoms with Crippen LogP contribution < -0.4 is 0 Å². The molecule has 22 heavy (non-hydrogen) atoms. The molecule has 0 bridgehead atoms. The van der Waals surface area contributed by atoms with Crippen LogP contribution in [0.4, 0.5) is 0 Å². The highest BCUT2D eigenvalue weighted by Crippen LogP contribution is 2.43. The molecule has 2 fully saturated rings. The van der Waals surface area contributed by atoms with Gasteiger partial charge < -0.3 is 9.80 Å². The molecule has 1 aromatic carbocycles. The standard InChI is InChI=1S/C18H27N3O/c1-19(2)15-9-10-21(12-15)18(22)13-20(3)17-11-16(17)14-7-5-4-6-8-14/h4-8,15-17H,9-13H2,1-3H3. The van der Waals surface area contributed by atoms with Gasteiger partial charge in [0.05, 0.1) is 6.54 Å². The lowest BCUT2D eigenvalue weighted by Crippen LogP contribution is -2.40. The van der Waals surface area contributed by atoms with E-state index in [0.29, 0.717) is 24.5 Å². The molecule has 0 radical (unpaired) electrons. The number of benzene rings is 1. The minimum atomic E-state index is 0.283. The number of likely N-dealkylation sites (N-methyl/N-ethyl adjacent to an activating group) is 2. The fourth-order valence-corrected chi connectivity index (χ4v) is 3.55. The lowest BCUT2D eigenvalue weighted by atomic mass is 10.1. The molecule has 3 atom stereocenters. The van der Waals surface area contributed by atoms with Crippen molar-refractivity contribution in [1.82, 2.24) is 14.7 Å². The SMILES string of the molecule is CN(C)C1CCN(C(=O)CN(C)C2CC2c2ccccc2)C1. The maximum absolute atomic E-state index is 12.5. The van der Waals surface area contributed by atoms with E-state index in [0.717, 1.165) is 19.5 Å². The summed E-state index contributed by atoms with van der Waals surface area (Å²) in [5, 5.41) is 0. The van der Waals surface area contributed by atoms with Crippen molar-refractivity contribution in [2.24, 2.45) is 0 Å². The Balaban J connectivity index is 1.49. The maximum atomic E-state index is 12.5. The van der Waals surface area contributed by atoms with Crippen LogP contribution in [0, 0.1) is 0 Å². The number of carbonyl (C=O) groups is 1. The fraction of sp³-hybridized carbons (Fsp3) is 0.611. The van der Waals surface area contributed by atoms with Gasteiger partial charge in [0.15, 0.2) is 0 Å². The molecule has 3 rings (SSSR count). The fourth-order valence-electron chi connectivity index (χ4n) is 3.55. The van der Waals surface area contributed by atoms with Gasteiger partial charge >= 0.3 is 0 Å². The summed E-state index contributed by atoms with van der Waals surface area (Å²) in [5.41, 5.74) is 1.40. The quantitative estimate of drug-likeness (QED) is 0.827. The summed E-state index contributed by atoms with van der Waals surface area (Å²) in [7, 11) is 6.28. The van der Waals surface area contributed by atoms with Crippen molar-refractivity contribution < 1.29 is 4.79 Å². The van der Waals surface area contributed by atoms with Crippen LogP contribution in [0.15, 0.2) is 30.3 Å². The highest BCUT2D eigenvalue weighted by Gasteiger charge is 2.42. The third-order valence-electron chi connectivity index (χ3n) is 5.18. The molecule has 0 aromatic heterocycles. The molecule has 0 spiro atoms. The Hall–Kier alpha value is -1.39. The summed E-state index contributed by atoms with van der Waals surface area (Å²) < 4.78 is 0. The zero-order valence-electron chi connectivity index (χ0n) is 13.9. The molecular weight excluding hydrogens is 274 g/mol. The summed E-state index contributed by atoms with van der Waals surface area (Å²) in [4.78, 5) is 19.0. The van der Waals surface area contributed by atoms with Gasteiger partial charge in [0.2, 0.25) is 5.91 Å². The topological polar surface area (TPSA) is 26.8 Å². The van der Waals surface area contributed by atoms with E-state index in [2.05, 4.69) is 61.3 Å². The van der Waals surface area contributed by atoms with E-state index in [9.17, 15) is 4.79 Å². The smallest absolute Gasteiger partial charge is 0.236 e. The Morgan fingerprint density at radius 3 is 2.59 bits per heavy atom. The zero-order valence-corrected chi connectivity index (χ0v) is 13.9. The van der Waals surface area contributed by atoms with Crippen LogP contribution in [-0.2, 0) is 4.79 Å². The minimum absolute atomic E-state index is 0.283. The van der Waals surface area contributed by atoms with Gasteiger partial charge in [-0.3, -0.25) is 9.69 Å². The molecule has 2 aliphatic rings. The van der Waals surface area contributed by atoms with E-state index in [1.54, 1.807) is 0 Å². The third-order valence-corrected chi connectivity index (χ3v) is 5.18. The lowest BCUT2D eigenvalue weighted by Gasteiger charge is -2.23. The monoisotopic (exact) mass is 301 g/mol. The van der Waals surface area contributed by atoms with Crippen molar-refractivity contribution in [2.45, 2.75) is 30.8 Å². The van der Waals surface area contributed by atoms with Gasteiger partial charge in [-0.05, 0) is 39.5 Å². The number of likely N-dealkylation sites (tertiary alicyclic amines) is 1. The molecule has 120 valence electrons. The van der Waals surface area contributed by atoms with Crippen molar-refractivity contribution in [3.8, 4) is 0 Å². The van der Waals surface area contributed by atoms with Gasteiger partial charge in [-0.2, -0.15) is 0 Å². The zero-order chi connectivity index (χ0) is 15.7. The number of nitrogens with zero attached hydrogens (tertiary/aromatic N) is 3.